The minimum Gasteiger partial charge on any atom is -0.494 e. The Kier molecular flexibility index (Phi) is 4.54. The lowest BCUT2D eigenvalue weighted by molar-refractivity contribution is 0.101. The second-order valence-corrected chi connectivity index (χ2v) is 7.81. The van der Waals surface area contributed by atoms with Gasteiger partial charge in [-0.1, -0.05) is 23.5 Å². The molecule has 132 valence electrons. The van der Waals surface area contributed by atoms with Gasteiger partial charge in [0.2, 0.25) is 11.6 Å². The molecular weight excluding hydrogens is 368 g/mol. The summed E-state index contributed by atoms with van der Waals surface area (Å²) >= 11 is 2.70. The van der Waals surface area contributed by atoms with Crippen LogP contribution < -0.4 is 9.47 Å². The molecule has 2 heterocycles. The zero-order valence-corrected chi connectivity index (χ0v) is 16.0. The molecule has 6 heteroatoms. The summed E-state index contributed by atoms with van der Waals surface area (Å²) in [5.41, 5.74) is 1.25. The fourth-order valence-corrected chi connectivity index (χ4v) is 5.28. The molecule has 0 bridgehead atoms. The van der Waals surface area contributed by atoms with Crippen LogP contribution in [-0.2, 0) is 0 Å². The zero-order valence-electron chi connectivity index (χ0n) is 14.3. The summed E-state index contributed by atoms with van der Waals surface area (Å²) in [6.07, 6.45) is 0. The summed E-state index contributed by atoms with van der Waals surface area (Å²) in [4.78, 5) is 28.3. The van der Waals surface area contributed by atoms with E-state index in [0.717, 1.165) is 21.3 Å². The fraction of sp³-hybridized carbons (Fsp3) is 0.200. The molecule has 4 rings (SSSR count). The van der Waals surface area contributed by atoms with Gasteiger partial charge in [-0.25, -0.2) is 0 Å². The van der Waals surface area contributed by atoms with Gasteiger partial charge >= 0.3 is 0 Å². The van der Waals surface area contributed by atoms with E-state index in [1.54, 1.807) is 24.3 Å². The van der Waals surface area contributed by atoms with Crippen LogP contribution in [0.1, 0.15) is 34.6 Å². The third-order valence-corrected chi connectivity index (χ3v) is 6.49. The molecule has 2 aromatic carbocycles. The van der Waals surface area contributed by atoms with Gasteiger partial charge in [-0.15, -0.1) is 0 Å². The zero-order chi connectivity index (χ0) is 18.3. The van der Waals surface area contributed by atoms with Crippen LogP contribution in [0.2, 0.25) is 0 Å². The van der Waals surface area contributed by atoms with Crippen molar-refractivity contribution in [1.29, 1.82) is 0 Å². The van der Waals surface area contributed by atoms with Crippen LogP contribution in [-0.4, -0.2) is 24.8 Å². The lowest BCUT2D eigenvalue weighted by atomic mass is 10.1. The summed E-state index contributed by atoms with van der Waals surface area (Å²) in [6.45, 7) is 4.97. The minimum atomic E-state index is -0.0956. The summed E-state index contributed by atoms with van der Waals surface area (Å²) in [6, 6.07) is 10.8. The monoisotopic (exact) mass is 384 g/mol. The van der Waals surface area contributed by atoms with Gasteiger partial charge in [0.05, 0.1) is 23.0 Å². The van der Waals surface area contributed by atoms with Crippen LogP contribution >= 0.6 is 23.5 Å². The number of ketones is 2. The van der Waals surface area contributed by atoms with Crippen LogP contribution in [0, 0.1) is 0 Å². The Morgan fingerprint density at radius 2 is 1.15 bits per heavy atom. The predicted octanol–water partition coefficient (Wildman–Crippen LogP) is 4.97. The Bertz CT molecular complexity index is 885. The first-order valence-corrected chi connectivity index (χ1v) is 9.98. The van der Waals surface area contributed by atoms with E-state index in [-0.39, 0.29) is 11.6 Å². The quantitative estimate of drug-likeness (QED) is 0.694. The Hall–Kier alpha value is -2.18. The van der Waals surface area contributed by atoms with Crippen LogP contribution in [0.15, 0.2) is 56.0 Å². The van der Waals surface area contributed by atoms with Crippen molar-refractivity contribution in [2.75, 3.05) is 13.2 Å². The lowest BCUT2D eigenvalue weighted by Crippen LogP contribution is -2.02. The van der Waals surface area contributed by atoms with Gasteiger partial charge in [0.25, 0.3) is 0 Å². The SMILES string of the molecule is CCOc1ccc2c(c1)S/C(=C1/Sc3cc(OCC)ccc3C1=O)C2=O. The van der Waals surface area contributed by atoms with Crippen molar-refractivity contribution < 1.29 is 19.1 Å². The molecule has 0 radical (unpaired) electrons. The number of thioether (sulfide) groups is 2. The third-order valence-electron chi connectivity index (χ3n) is 4.06. The molecule has 4 nitrogen and oxygen atoms in total. The molecule has 2 aliphatic heterocycles. The Labute approximate surface area is 160 Å². The number of carbonyl (C=O) groups is 2. The highest BCUT2D eigenvalue weighted by Gasteiger charge is 2.36. The van der Waals surface area contributed by atoms with E-state index >= 15 is 0 Å². The van der Waals surface area contributed by atoms with Gasteiger partial charge < -0.3 is 9.47 Å². The molecule has 0 amide bonds. The highest BCUT2D eigenvalue weighted by atomic mass is 32.2. The van der Waals surface area contributed by atoms with Crippen molar-refractivity contribution in [2.24, 2.45) is 0 Å². The number of hydrogen-bond donors (Lipinski definition) is 0. The van der Waals surface area contributed by atoms with Crippen molar-refractivity contribution in [1.82, 2.24) is 0 Å². The van der Waals surface area contributed by atoms with E-state index in [2.05, 4.69) is 0 Å². The first-order chi connectivity index (χ1) is 12.6. The normalized spacial score (nSPS) is 18.1. The van der Waals surface area contributed by atoms with Gasteiger partial charge in [-0.3, -0.25) is 9.59 Å². The number of fused-ring (bicyclic) bond motifs is 2. The molecule has 2 aromatic rings. The topological polar surface area (TPSA) is 52.6 Å². The van der Waals surface area contributed by atoms with Crippen molar-refractivity contribution in [2.45, 2.75) is 23.6 Å². The summed E-state index contributed by atoms with van der Waals surface area (Å²) < 4.78 is 11.0. The average Bonchev–Trinajstić information content (AvgIpc) is 3.12. The standard InChI is InChI=1S/C20H16O4S2/c1-3-23-11-5-7-13-15(9-11)25-19(17(13)21)20-18(22)14-8-6-12(24-4-2)10-16(14)26-20/h5-10H,3-4H2,1-2H3/b20-19+. The highest BCUT2D eigenvalue weighted by molar-refractivity contribution is 8.08. The van der Waals surface area contributed by atoms with Gasteiger partial charge in [-0.05, 0) is 50.2 Å². The Morgan fingerprint density at radius 1 is 0.731 bits per heavy atom. The highest BCUT2D eigenvalue weighted by Crippen LogP contribution is 2.50. The van der Waals surface area contributed by atoms with E-state index in [0.29, 0.717) is 34.2 Å². The maximum atomic E-state index is 12.8. The number of ether oxygens (including phenoxy) is 2. The summed E-state index contributed by atoms with van der Waals surface area (Å²) in [7, 11) is 0. The van der Waals surface area contributed by atoms with Gasteiger partial charge in [0.1, 0.15) is 11.5 Å². The largest absolute Gasteiger partial charge is 0.494 e. The van der Waals surface area contributed by atoms with Gasteiger partial charge in [0.15, 0.2) is 0 Å². The van der Waals surface area contributed by atoms with Crippen LogP contribution in [0.3, 0.4) is 0 Å². The second kappa shape index (κ2) is 6.85. The fourth-order valence-electron chi connectivity index (χ4n) is 2.92. The van der Waals surface area contributed by atoms with Crippen molar-refractivity contribution >= 4 is 35.1 Å². The first kappa shape index (κ1) is 17.2. The van der Waals surface area contributed by atoms with Gasteiger partial charge in [-0.2, -0.15) is 0 Å². The third kappa shape index (κ3) is 2.83. The molecule has 26 heavy (non-hydrogen) atoms. The molecule has 0 atom stereocenters. The average molecular weight is 384 g/mol. The van der Waals surface area contributed by atoms with Crippen LogP contribution in [0.5, 0.6) is 11.5 Å². The molecule has 0 saturated heterocycles. The van der Waals surface area contributed by atoms with E-state index in [1.165, 1.54) is 23.5 Å². The van der Waals surface area contributed by atoms with Crippen molar-refractivity contribution in [3.8, 4) is 11.5 Å². The lowest BCUT2D eigenvalue weighted by Gasteiger charge is -2.03. The maximum Gasteiger partial charge on any atom is 0.202 e. The van der Waals surface area contributed by atoms with Crippen LogP contribution in [0.25, 0.3) is 0 Å². The number of Topliss-reactive ketones (excluding diaryl/α,β-unsaturated/α-hetero) is 2. The predicted molar refractivity (Wildman–Crippen MR) is 103 cm³/mol. The van der Waals surface area contributed by atoms with E-state index in [1.807, 2.05) is 26.0 Å². The van der Waals surface area contributed by atoms with E-state index < -0.39 is 0 Å². The first-order valence-electron chi connectivity index (χ1n) is 8.35. The summed E-state index contributed by atoms with van der Waals surface area (Å²) in [5, 5.41) is 0. The molecule has 0 aliphatic carbocycles. The Balaban J connectivity index is 1.69. The van der Waals surface area contributed by atoms with Crippen LogP contribution in [0.4, 0.5) is 0 Å². The van der Waals surface area contributed by atoms with Crippen molar-refractivity contribution in [3.05, 3.63) is 57.3 Å². The Morgan fingerprint density at radius 3 is 1.54 bits per heavy atom. The smallest absolute Gasteiger partial charge is 0.202 e. The molecule has 0 aromatic heterocycles. The van der Waals surface area contributed by atoms with Crippen molar-refractivity contribution in [3.63, 3.8) is 0 Å². The maximum absolute atomic E-state index is 12.8. The number of allylic oxidation sites excluding steroid dienone is 2. The molecule has 0 saturated carbocycles. The molecular formula is C20H16O4S2. The molecule has 0 fully saturated rings. The van der Waals surface area contributed by atoms with Gasteiger partial charge in [0, 0.05) is 20.9 Å². The summed E-state index contributed by atoms with van der Waals surface area (Å²) in [5.74, 6) is 1.27. The molecule has 0 spiro atoms. The number of benzene rings is 2. The molecule has 0 unspecified atom stereocenters. The molecule has 2 aliphatic rings. The number of rotatable bonds is 4. The molecule has 0 N–H and O–H groups in total. The number of hydrogen-bond acceptors (Lipinski definition) is 6. The minimum absolute atomic E-state index is 0.0956. The van der Waals surface area contributed by atoms with E-state index in [9.17, 15) is 9.59 Å². The second-order valence-electron chi connectivity index (χ2n) is 5.70. The van der Waals surface area contributed by atoms with E-state index in [4.69, 9.17) is 9.47 Å². The number of carbonyl (C=O) groups excluding carboxylic acids is 2.